The molecule has 5 aliphatic rings. The maximum absolute atomic E-state index is 6.31. The SMILES string of the molecule is CC1CCC23OC2C(C)(C)C2CCC3C1C2. The van der Waals surface area contributed by atoms with E-state index in [9.17, 15) is 0 Å². The molecule has 5 rings (SSSR count). The van der Waals surface area contributed by atoms with Crippen LogP contribution in [0.4, 0.5) is 0 Å². The van der Waals surface area contributed by atoms with Gasteiger partial charge in [-0.2, -0.15) is 0 Å². The van der Waals surface area contributed by atoms with Crippen molar-refractivity contribution < 1.29 is 4.74 Å². The van der Waals surface area contributed by atoms with Crippen LogP contribution in [0.1, 0.15) is 52.9 Å². The van der Waals surface area contributed by atoms with E-state index in [1.807, 2.05) is 0 Å². The van der Waals surface area contributed by atoms with Gasteiger partial charge in [0, 0.05) is 0 Å². The van der Waals surface area contributed by atoms with E-state index >= 15 is 0 Å². The van der Waals surface area contributed by atoms with Crippen LogP contribution in [0, 0.1) is 29.1 Å². The zero-order valence-corrected chi connectivity index (χ0v) is 10.8. The van der Waals surface area contributed by atoms with Crippen molar-refractivity contribution in [3.63, 3.8) is 0 Å². The lowest BCUT2D eigenvalue weighted by atomic mass is 9.61. The average Bonchev–Trinajstić information content (AvgIpc) is 3.00. The van der Waals surface area contributed by atoms with E-state index in [1.165, 1.54) is 32.1 Å². The molecule has 90 valence electrons. The van der Waals surface area contributed by atoms with Crippen LogP contribution in [-0.4, -0.2) is 11.7 Å². The fourth-order valence-electron chi connectivity index (χ4n) is 5.62. The van der Waals surface area contributed by atoms with E-state index in [-0.39, 0.29) is 0 Å². The van der Waals surface area contributed by atoms with Crippen molar-refractivity contribution in [1.82, 2.24) is 0 Å². The quantitative estimate of drug-likeness (QED) is 0.568. The highest BCUT2D eigenvalue weighted by Crippen LogP contribution is 2.70. The topological polar surface area (TPSA) is 12.5 Å². The molecule has 1 heteroatoms. The predicted octanol–water partition coefficient (Wildman–Crippen LogP) is 3.63. The summed E-state index contributed by atoms with van der Waals surface area (Å²) >= 11 is 0. The molecule has 16 heavy (non-hydrogen) atoms. The second-order valence-corrected chi connectivity index (χ2v) is 7.57. The normalized spacial score (nSPS) is 61.3. The number of rotatable bonds is 0. The maximum Gasteiger partial charge on any atom is 0.0984 e. The molecule has 0 amide bonds. The van der Waals surface area contributed by atoms with E-state index in [2.05, 4.69) is 20.8 Å². The number of hydrogen-bond acceptors (Lipinski definition) is 1. The van der Waals surface area contributed by atoms with E-state index < -0.39 is 0 Å². The Morgan fingerprint density at radius 1 is 1.12 bits per heavy atom. The van der Waals surface area contributed by atoms with E-state index in [0.29, 0.717) is 17.1 Å². The summed E-state index contributed by atoms with van der Waals surface area (Å²) in [6.07, 6.45) is 7.81. The first-order valence-electron chi connectivity index (χ1n) is 7.23. The van der Waals surface area contributed by atoms with Gasteiger partial charge in [-0.1, -0.05) is 20.8 Å². The molecule has 1 saturated heterocycles. The van der Waals surface area contributed by atoms with Gasteiger partial charge in [0.1, 0.15) is 0 Å². The average molecular weight is 220 g/mol. The highest BCUT2D eigenvalue weighted by atomic mass is 16.6. The van der Waals surface area contributed by atoms with E-state index in [0.717, 1.165) is 23.7 Å². The van der Waals surface area contributed by atoms with Crippen molar-refractivity contribution in [3.8, 4) is 0 Å². The summed E-state index contributed by atoms with van der Waals surface area (Å²) in [5, 5.41) is 0. The molecule has 1 nitrogen and oxygen atoms in total. The predicted molar refractivity (Wildman–Crippen MR) is 64.1 cm³/mol. The lowest BCUT2D eigenvalue weighted by Gasteiger charge is -2.45. The molecular weight excluding hydrogens is 196 g/mol. The van der Waals surface area contributed by atoms with Gasteiger partial charge in [-0.15, -0.1) is 0 Å². The van der Waals surface area contributed by atoms with Crippen LogP contribution in [0.5, 0.6) is 0 Å². The molecule has 4 saturated carbocycles. The van der Waals surface area contributed by atoms with E-state index in [4.69, 9.17) is 4.74 Å². The molecule has 0 radical (unpaired) electrons. The first-order valence-corrected chi connectivity index (χ1v) is 7.23. The van der Waals surface area contributed by atoms with Gasteiger partial charge in [0.25, 0.3) is 0 Å². The second-order valence-electron chi connectivity index (χ2n) is 7.57. The molecule has 4 aliphatic carbocycles. The van der Waals surface area contributed by atoms with Crippen LogP contribution >= 0.6 is 0 Å². The van der Waals surface area contributed by atoms with Crippen LogP contribution in [0.25, 0.3) is 0 Å². The summed E-state index contributed by atoms with van der Waals surface area (Å²) in [4.78, 5) is 0. The Labute approximate surface area is 98.9 Å². The first-order chi connectivity index (χ1) is 7.56. The van der Waals surface area contributed by atoms with Gasteiger partial charge >= 0.3 is 0 Å². The Bertz CT molecular complexity index is 334. The summed E-state index contributed by atoms with van der Waals surface area (Å²) in [6.45, 7) is 7.44. The van der Waals surface area contributed by atoms with Gasteiger partial charge in [0.2, 0.25) is 0 Å². The number of hydrogen-bond donors (Lipinski definition) is 0. The van der Waals surface area contributed by atoms with E-state index in [1.54, 1.807) is 0 Å². The van der Waals surface area contributed by atoms with Crippen LogP contribution in [0.2, 0.25) is 0 Å². The highest BCUT2D eigenvalue weighted by molar-refractivity contribution is 5.21. The molecule has 0 aromatic rings. The van der Waals surface area contributed by atoms with Gasteiger partial charge in [-0.25, -0.2) is 0 Å². The minimum Gasteiger partial charge on any atom is -0.365 e. The largest absolute Gasteiger partial charge is 0.365 e. The summed E-state index contributed by atoms with van der Waals surface area (Å²) < 4.78 is 6.31. The molecule has 1 aliphatic heterocycles. The van der Waals surface area contributed by atoms with Crippen LogP contribution in [-0.2, 0) is 4.74 Å². The zero-order chi connectivity index (χ0) is 11.1. The first kappa shape index (κ1) is 9.94. The van der Waals surface area contributed by atoms with Gasteiger partial charge in [-0.3, -0.25) is 0 Å². The maximum atomic E-state index is 6.31. The van der Waals surface area contributed by atoms with Crippen molar-refractivity contribution in [1.29, 1.82) is 0 Å². The van der Waals surface area contributed by atoms with Crippen LogP contribution in [0.3, 0.4) is 0 Å². The van der Waals surface area contributed by atoms with Crippen LogP contribution < -0.4 is 0 Å². The van der Waals surface area contributed by atoms with Crippen LogP contribution in [0.15, 0.2) is 0 Å². The molecule has 0 aromatic carbocycles. The third-order valence-corrected chi connectivity index (χ3v) is 6.70. The Morgan fingerprint density at radius 2 is 1.94 bits per heavy atom. The molecule has 1 spiro atoms. The molecule has 6 unspecified atom stereocenters. The van der Waals surface area contributed by atoms with Gasteiger partial charge < -0.3 is 4.74 Å². The van der Waals surface area contributed by atoms with Crippen molar-refractivity contribution in [2.24, 2.45) is 29.1 Å². The number of ether oxygens (including phenoxy) is 1. The molecule has 1 heterocycles. The Morgan fingerprint density at radius 3 is 2.75 bits per heavy atom. The summed E-state index contributed by atoms with van der Waals surface area (Å²) in [5.74, 6) is 3.79. The Kier molecular flexibility index (Phi) is 1.67. The molecule has 5 fully saturated rings. The van der Waals surface area contributed by atoms with Crippen molar-refractivity contribution in [3.05, 3.63) is 0 Å². The molecule has 0 aromatic heterocycles. The van der Waals surface area contributed by atoms with Crippen molar-refractivity contribution in [2.45, 2.75) is 64.6 Å². The van der Waals surface area contributed by atoms with Crippen molar-refractivity contribution >= 4 is 0 Å². The second kappa shape index (κ2) is 2.68. The van der Waals surface area contributed by atoms with Crippen molar-refractivity contribution in [2.75, 3.05) is 0 Å². The molecule has 6 atom stereocenters. The summed E-state index contributed by atoms with van der Waals surface area (Å²) in [5.41, 5.74) is 0.805. The minimum atomic E-state index is 0.353. The third kappa shape index (κ3) is 0.939. The van der Waals surface area contributed by atoms with Gasteiger partial charge in [-0.05, 0) is 61.2 Å². The molecule has 4 bridgehead atoms. The highest BCUT2D eigenvalue weighted by Gasteiger charge is 2.73. The lowest BCUT2D eigenvalue weighted by Crippen LogP contribution is -2.41. The number of epoxide rings is 1. The summed E-state index contributed by atoms with van der Waals surface area (Å²) in [7, 11) is 0. The fourth-order valence-corrected chi connectivity index (χ4v) is 5.62. The smallest absolute Gasteiger partial charge is 0.0984 e. The lowest BCUT2D eigenvalue weighted by molar-refractivity contribution is -0.0116. The zero-order valence-electron chi connectivity index (χ0n) is 10.8. The Hall–Kier alpha value is -0.0400. The fraction of sp³-hybridized carbons (Fsp3) is 1.00. The minimum absolute atomic E-state index is 0.353. The monoisotopic (exact) mass is 220 g/mol. The number of fused-ring (bicyclic) bond motifs is 1. The Balaban J connectivity index is 1.82. The molecule has 0 N–H and O–H groups in total. The molecular formula is C15H24O. The third-order valence-electron chi connectivity index (χ3n) is 6.70. The van der Waals surface area contributed by atoms with Gasteiger partial charge in [0.15, 0.2) is 0 Å². The summed E-state index contributed by atoms with van der Waals surface area (Å²) in [6, 6.07) is 0. The standard InChI is InChI=1S/C15H24O/c1-9-6-7-15-12-5-4-10(8-11(9)12)14(2,3)13(15)16-15/h9-13H,4-8H2,1-3H3. The van der Waals surface area contributed by atoms with Gasteiger partial charge in [0.05, 0.1) is 11.7 Å².